The number of carbonyl (C=O) groups excluding carboxylic acids is 1. The van der Waals surface area contributed by atoms with Crippen LogP contribution in [0.15, 0.2) is 24.3 Å². The second-order valence-electron chi connectivity index (χ2n) is 3.91. The van der Waals surface area contributed by atoms with Gasteiger partial charge in [0.15, 0.2) is 0 Å². The van der Waals surface area contributed by atoms with Gasteiger partial charge in [-0.2, -0.15) is 0 Å². The van der Waals surface area contributed by atoms with E-state index < -0.39 is 0 Å². The molecular formula is C13H19NO2S. The van der Waals surface area contributed by atoms with E-state index in [2.05, 4.69) is 30.4 Å². The second kappa shape index (κ2) is 8.14. The van der Waals surface area contributed by atoms with Crippen LogP contribution in [0.4, 0.5) is 0 Å². The number of aliphatic hydroxyl groups is 1. The van der Waals surface area contributed by atoms with Gasteiger partial charge in [0, 0.05) is 18.9 Å². The summed E-state index contributed by atoms with van der Waals surface area (Å²) in [7, 11) is 0. The van der Waals surface area contributed by atoms with Gasteiger partial charge in [-0.15, -0.1) is 11.8 Å². The van der Waals surface area contributed by atoms with Crippen LogP contribution in [0.1, 0.15) is 17.5 Å². The van der Waals surface area contributed by atoms with Crippen molar-refractivity contribution >= 4 is 17.7 Å². The van der Waals surface area contributed by atoms with Crippen LogP contribution >= 0.6 is 11.8 Å². The van der Waals surface area contributed by atoms with Crippen LogP contribution in [0.2, 0.25) is 0 Å². The third-order valence-corrected chi connectivity index (χ3v) is 3.25. The average Bonchev–Trinajstić information content (AvgIpc) is 2.29. The molecule has 0 aliphatic carbocycles. The lowest BCUT2D eigenvalue weighted by atomic mass is 10.2. The van der Waals surface area contributed by atoms with Gasteiger partial charge in [0.25, 0.3) is 0 Å². The molecule has 0 atom stereocenters. The minimum Gasteiger partial charge on any atom is -0.396 e. The molecule has 0 aliphatic rings. The molecule has 1 aromatic rings. The van der Waals surface area contributed by atoms with Gasteiger partial charge in [-0.25, -0.2) is 0 Å². The predicted molar refractivity (Wildman–Crippen MR) is 72.1 cm³/mol. The van der Waals surface area contributed by atoms with Gasteiger partial charge in [-0.1, -0.05) is 29.8 Å². The van der Waals surface area contributed by atoms with Crippen LogP contribution < -0.4 is 5.32 Å². The Morgan fingerprint density at radius 3 is 3.00 bits per heavy atom. The number of carbonyl (C=O) groups is 1. The molecule has 4 heteroatoms. The summed E-state index contributed by atoms with van der Waals surface area (Å²) in [5, 5.41) is 11.3. The number of rotatable bonds is 7. The van der Waals surface area contributed by atoms with Crippen LogP contribution in [0.25, 0.3) is 0 Å². The Kier molecular flexibility index (Phi) is 6.74. The zero-order valence-electron chi connectivity index (χ0n) is 10.1. The molecule has 94 valence electrons. The van der Waals surface area contributed by atoms with E-state index in [9.17, 15) is 4.79 Å². The number of amides is 1. The van der Waals surface area contributed by atoms with E-state index in [0.717, 1.165) is 5.75 Å². The van der Waals surface area contributed by atoms with Crippen molar-refractivity contribution in [3.05, 3.63) is 35.4 Å². The normalized spacial score (nSPS) is 10.2. The molecule has 2 N–H and O–H groups in total. The predicted octanol–water partition coefficient (Wildman–Crippen LogP) is 1.73. The summed E-state index contributed by atoms with van der Waals surface area (Å²) in [6.07, 6.45) is 0.619. The largest absolute Gasteiger partial charge is 0.396 e. The molecule has 0 heterocycles. The third kappa shape index (κ3) is 6.34. The first-order valence-corrected chi connectivity index (χ1v) is 6.88. The van der Waals surface area contributed by atoms with Crippen molar-refractivity contribution in [2.24, 2.45) is 0 Å². The molecule has 1 aromatic carbocycles. The Bertz CT molecular complexity index is 355. The molecule has 17 heavy (non-hydrogen) atoms. The van der Waals surface area contributed by atoms with Crippen molar-refractivity contribution in [3.8, 4) is 0 Å². The number of nitrogens with one attached hydrogen (secondary N) is 1. The van der Waals surface area contributed by atoms with Crippen LogP contribution in [-0.4, -0.2) is 29.9 Å². The maximum atomic E-state index is 11.4. The highest BCUT2D eigenvalue weighted by Gasteiger charge is 2.01. The Morgan fingerprint density at radius 1 is 1.47 bits per heavy atom. The summed E-state index contributed by atoms with van der Waals surface area (Å²) >= 11 is 1.61. The minimum absolute atomic E-state index is 0.0381. The summed E-state index contributed by atoms with van der Waals surface area (Å²) in [6.45, 7) is 2.74. The SMILES string of the molecule is Cc1cccc(CSCC(=O)NCCCO)c1. The van der Waals surface area contributed by atoms with Crippen LogP contribution in [-0.2, 0) is 10.5 Å². The topological polar surface area (TPSA) is 49.3 Å². The molecule has 0 spiro atoms. The maximum Gasteiger partial charge on any atom is 0.230 e. The molecule has 0 saturated carbocycles. The van der Waals surface area contributed by atoms with Gasteiger partial charge in [0.05, 0.1) is 5.75 Å². The van der Waals surface area contributed by atoms with Gasteiger partial charge in [-0.3, -0.25) is 4.79 Å². The Labute approximate surface area is 107 Å². The molecule has 0 fully saturated rings. The Balaban J connectivity index is 2.17. The smallest absolute Gasteiger partial charge is 0.230 e. The van der Waals surface area contributed by atoms with Crippen LogP contribution in [0.5, 0.6) is 0 Å². The first-order valence-electron chi connectivity index (χ1n) is 5.73. The molecule has 0 radical (unpaired) electrons. The number of hydrogen-bond acceptors (Lipinski definition) is 3. The first kappa shape index (κ1) is 14.1. The minimum atomic E-state index is 0.0381. The van der Waals surface area contributed by atoms with Crippen LogP contribution in [0.3, 0.4) is 0 Å². The first-order chi connectivity index (χ1) is 8.22. The number of aryl methyl sites for hydroxylation is 1. The molecule has 1 rings (SSSR count). The fourth-order valence-electron chi connectivity index (χ4n) is 1.42. The number of thioether (sulfide) groups is 1. The highest BCUT2D eigenvalue weighted by molar-refractivity contribution is 7.99. The monoisotopic (exact) mass is 253 g/mol. The van der Waals surface area contributed by atoms with E-state index in [1.54, 1.807) is 11.8 Å². The van der Waals surface area contributed by atoms with E-state index in [-0.39, 0.29) is 12.5 Å². The summed E-state index contributed by atoms with van der Waals surface area (Å²) in [5.74, 6) is 1.37. The number of benzene rings is 1. The van der Waals surface area contributed by atoms with E-state index in [4.69, 9.17) is 5.11 Å². The maximum absolute atomic E-state index is 11.4. The molecule has 0 saturated heterocycles. The standard InChI is InChI=1S/C13H19NO2S/c1-11-4-2-5-12(8-11)9-17-10-13(16)14-6-3-7-15/h2,4-5,8,15H,3,6-7,9-10H2,1H3,(H,14,16). The quantitative estimate of drug-likeness (QED) is 0.728. The van der Waals surface area contributed by atoms with Gasteiger partial charge in [0.2, 0.25) is 5.91 Å². The van der Waals surface area contributed by atoms with E-state index in [0.29, 0.717) is 18.7 Å². The Hall–Kier alpha value is -1.00. The van der Waals surface area contributed by atoms with Crippen molar-refractivity contribution in [1.29, 1.82) is 0 Å². The lowest BCUT2D eigenvalue weighted by molar-refractivity contribution is -0.118. The lowest BCUT2D eigenvalue weighted by Crippen LogP contribution is -2.26. The van der Waals surface area contributed by atoms with Gasteiger partial charge in [0.1, 0.15) is 0 Å². The Morgan fingerprint density at radius 2 is 2.29 bits per heavy atom. The molecule has 0 aromatic heterocycles. The zero-order chi connectivity index (χ0) is 12.5. The van der Waals surface area contributed by atoms with Gasteiger partial charge >= 0.3 is 0 Å². The van der Waals surface area contributed by atoms with E-state index in [1.165, 1.54) is 11.1 Å². The molecular weight excluding hydrogens is 234 g/mol. The summed E-state index contributed by atoms with van der Waals surface area (Å²) < 4.78 is 0. The highest BCUT2D eigenvalue weighted by Crippen LogP contribution is 2.12. The van der Waals surface area contributed by atoms with Crippen molar-refractivity contribution < 1.29 is 9.90 Å². The molecule has 0 bridgehead atoms. The third-order valence-electron chi connectivity index (χ3n) is 2.24. The molecule has 3 nitrogen and oxygen atoms in total. The molecule has 0 aliphatic heterocycles. The molecule has 0 unspecified atom stereocenters. The summed E-state index contributed by atoms with van der Waals surface area (Å²) in [6, 6.07) is 8.31. The fourth-order valence-corrected chi connectivity index (χ4v) is 2.23. The van der Waals surface area contributed by atoms with Crippen LogP contribution in [0, 0.1) is 6.92 Å². The van der Waals surface area contributed by atoms with Gasteiger partial charge < -0.3 is 10.4 Å². The van der Waals surface area contributed by atoms with Crippen molar-refractivity contribution in [1.82, 2.24) is 5.32 Å². The highest BCUT2D eigenvalue weighted by atomic mass is 32.2. The second-order valence-corrected chi connectivity index (χ2v) is 4.89. The van der Waals surface area contributed by atoms with E-state index >= 15 is 0 Å². The number of hydrogen-bond donors (Lipinski definition) is 2. The van der Waals surface area contributed by atoms with Crippen molar-refractivity contribution in [2.75, 3.05) is 18.9 Å². The zero-order valence-corrected chi connectivity index (χ0v) is 10.9. The lowest BCUT2D eigenvalue weighted by Gasteiger charge is -2.04. The van der Waals surface area contributed by atoms with Crippen molar-refractivity contribution in [3.63, 3.8) is 0 Å². The van der Waals surface area contributed by atoms with Crippen molar-refractivity contribution in [2.45, 2.75) is 19.1 Å². The van der Waals surface area contributed by atoms with E-state index in [1.807, 2.05) is 6.07 Å². The molecule has 1 amide bonds. The van der Waals surface area contributed by atoms with Gasteiger partial charge in [-0.05, 0) is 18.9 Å². The summed E-state index contributed by atoms with van der Waals surface area (Å²) in [4.78, 5) is 11.4. The average molecular weight is 253 g/mol. The number of aliphatic hydroxyl groups excluding tert-OH is 1. The fraction of sp³-hybridized carbons (Fsp3) is 0.462. The summed E-state index contributed by atoms with van der Waals surface area (Å²) in [5.41, 5.74) is 2.49.